The van der Waals surface area contributed by atoms with Crippen molar-refractivity contribution in [2.24, 2.45) is 5.92 Å². The molecule has 6 heteroatoms. The standard InChI is InChI=1S/C9H16BrNO3S/c1-6(2)8(10)9(12)11-7-3-4-15(13,14)5-7/h6-8H,3-5H2,1-2H3,(H,11,12). The molecule has 0 aliphatic carbocycles. The first-order valence-corrected chi connectivity index (χ1v) is 7.70. The van der Waals surface area contributed by atoms with E-state index >= 15 is 0 Å². The first-order valence-electron chi connectivity index (χ1n) is 4.96. The zero-order valence-corrected chi connectivity index (χ0v) is 11.3. The molecular weight excluding hydrogens is 282 g/mol. The molecule has 88 valence electrons. The molecule has 15 heavy (non-hydrogen) atoms. The summed E-state index contributed by atoms with van der Waals surface area (Å²) in [6.45, 7) is 3.87. The maximum Gasteiger partial charge on any atom is 0.234 e. The molecule has 2 unspecified atom stereocenters. The lowest BCUT2D eigenvalue weighted by Crippen LogP contribution is -2.41. The van der Waals surface area contributed by atoms with Gasteiger partial charge in [-0.25, -0.2) is 8.42 Å². The third-order valence-electron chi connectivity index (χ3n) is 2.41. The number of halogens is 1. The average Bonchev–Trinajstić information content (AvgIpc) is 2.43. The van der Waals surface area contributed by atoms with Crippen molar-refractivity contribution < 1.29 is 13.2 Å². The Kier molecular flexibility index (Phi) is 4.17. The van der Waals surface area contributed by atoms with E-state index in [-0.39, 0.29) is 34.2 Å². The lowest BCUT2D eigenvalue weighted by Gasteiger charge is -2.16. The predicted octanol–water partition coefficient (Wildman–Crippen LogP) is 0.709. The second-order valence-electron chi connectivity index (χ2n) is 4.25. The van der Waals surface area contributed by atoms with E-state index in [4.69, 9.17) is 0 Å². The summed E-state index contributed by atoms with van der Waals surface area (Å²) in [6, 6.07) is -0.207. The molecule has 0 bridgehead atoms. The van der Waals surface area contributed by atoms with E-state index in [0.29, 0.717) is 6.42 Å². The Morgan fingerprint density at radius 2 is 2.07 bits per heavy atom. The van der Waals surface area contributed by atoms with Gasteiger partial charge in [-0.05, 0) is 12.3 Å². The summed E-state index contributed by atoms with van der Waals surface area (Å²) < 4.78 is 22.3. The maximum absolute atomic E-state index is 11.6. The summed E-state index contributed by atoms with van der Waals surface area (Å²) in [7, 11) is -2.92. The Morgan fingerprint density at radius 3 is 2.47 bits per heavy atom. The van der Waals surface area contributed by atoms with Crippen LogP contribution in [-0.4, -0.2) is 36.7 Å². The van der Waals surface area contributed by atoms with Crippen molar-refractivity contribution in [3.63, 3.8) is 0 Å². The number of nitrogens with one attached hydrogen (secondary N) is 1. The number of carbonyl (C=O) groups is 1. The molecule has 0 aromatic carbocycles. The second kappa shape index (κ2) is 4.82. The van der Waals surface area contributed by atoms with Crippen molar-refractivity contribution in [3.05, 3.63) is 0 Å². The molecule has 1 fully saturated rings. The lowest BCUT2D eigenvalue weighted by atomic mass is 10.1. The molecule has 2 atom stereocenters. The molecule has 4 nitrogen and oxygen atoms in total. The zero-order chi connectivity index (χ0) is 11.6. The summed E-state index contributed by atoms with van der Waals surface area (Å²) in [6.07, 6.45) is 0.534. The van der Waals surface area contributed by atoms with Gasteiger partial charge in [-0.15, -0.1) is 0 Å². The smallest absolute Gasteiger partial charge is 0.234 e. The molecule has 1 aliphatic rings. The van der Waals surface area contributed by atoms with E-state index in [2.05, 4.69) is 21.2 Å². The lowest BCUT2D eigenvalue weighted by molar-refractivity contribution is -0.121. The molecular formula is C9H16BrNO3S. The molecule has 0 saturated carbocycles. The molecule has 1 N–H and O–H groups in total. The normalized spacial score (nSPS) is 26.5. The second-order valence-corrected chi connectivity index (χ2v) is 7.47. The molecule has 0 aromatic heterocycles. The van der Waals surface area contributed by atoms with Gasteiger partial charge >= 0.3 is 0 Å². The van der Waals surface area contributed by atoms with Crippen LogP contribution in [-0.2, 0) is 14.6 Å². The molecule has 0 radical (unpaired) electrons. The summed E-state index contributed by atoms with van der Waals surface area (Å²) in [4.78, 5) is 11.3. The van der Waals surface area contributed by atoms with Crippen LogP contribution >= 0.6 is 15.9 Å². The van der Waals surface area contributed by atoms with Crippen LogP contribution in [0.4, 0.5) is 0 Å². The zero-order valence-electron chi connectivity index (χ0n) is 8.86. The van der Waals surface area contributed by atoms with E-state index in [1.807, 2.05) is 13.8 Å². The van der Waals surface area contributed by atoms with Gasteiger partial charge in [0, 0.05) is 6.04 Å². The fraction of sp³-hybridized carbons (Fsp3) is 0.889. The number of carbonyl (C=O) groups excluding carboxylic acids is 1. The Balaban J connectivity index is 2.47. The quantitative estimate of drug-likeness (QED) is 0.781. The minimum atomic E-state index is -2.92. The molecule has 1 aliphatic heterocycles. The van der Waals surface area contributed by atoms with Gasteiger partial charge in [0.05, 0.1) is 16.3 Å². The number of hydrogen-bond acceptors (Lipinski definition) is 3. The highest BCUT2D eigenvalue weighted by Crippen LogP contribution is 2.15. The number of sulfone groups is 1. The van der Waals surface area contributed by atoms with E-state index < -0.39 is 9.84 Å². The molecule has 0 aromatic rings. The average molecular weight is 298 g/mol. The van der Waals surface area contributed by atoms with Crippen LogP contribution in [0.25, 0.3) is 0 Å². The van der Waals surface area contributed by atoms with E-state index in [0.717, 1.165) is 0 Å². The SMILES string of the molecule is CC(C)C(Br)C(=O)NC1CCS(=O)(=O)C1. The predicted molar refractivity (Wildman–Crippen MR) is 62.8 cm³/mol. The first kappa shape index (κ1) is 13.0. The van der Waals surface area contributed by atoms with Crippen LogP contribution in [0, 0.1) is 5.92 Å². The molecule has 1 heterocycles. The van der Waals surface area contributed by atoms with Gasteiger partial charge in [-0.2, -0.15) is 0 Å². The number of hydrogen-bond donors (Lipinski definition) is 1. The van der Waals surface area contributed by atoms with E-state index in [1.165, 1.54) is 0 Å². The largest absolute Gasteiger partial charge is 0.351 e. The van der Waals surface area contributed by atoms with Crippen LogP contribution in [0.1, 0.15) is 20.3 Å². The topological polar surface area (TPSA) is 63.2 Å². The van der Waals surface area contributed by atoms with Crippen molar-refractivity contribution in [1.82, 2.24) is 5.32 Å². The first-order chi connectivity index (χ1) is 6.82. The molecule has 0 spiro atoms. The summed E-state index contributed by atoms with van der Waals surface area (Å²) in [5, 5.41) is 2.75. The monoisotopic (exact) mass is 297 g/mol. The highest BCUT2D eigenvalue weighted by atomic mass is 79.9. The Bertz CT molecular complexity index is 339. The van der Waals surface area contributed by atoms with Gasteiger partial charge in [0.25, 0.3) is 0 Å². The summed E-state index contributed by atoms with van der Waals surface area (Å²) >= 11 is 3.28. The van der Waals surface area contributed by atoms with Gasteiger partial charge in [0.15, 0.2) is 9.84 Å². The van der Waals surface area contributed by atoms with Crippen molar-refractivity contribution >= 4 is 31.7 Å². The van der Waals surface area contributed by atoms with Crippen LogP contribution < -0.4 is 5.32 Å². The number of alkyl halides is 1. The Hall–Kier alpha value is -0.100. The number of amides is 1. The van der Waals surface area contributed by atoms with Crippen molar-refractivity contribution in [2.45, 2.75) is 31.1 Å². The van der Waals surface area contributed by atoms with E-state index in [1.54, 1.807) is 0 Å². The maximum atomic E-state index is 11.6. The van der Waals surface area contributed by atoms with Crippen LogP contribution in [0.5, 0.6) is 0 Å². The van der Waals surface area contributed by atoms with Gasteiger partial charge in [0.2, 0.25) is 5.91 Å². The van der Waals surface area contributed by atoms with Gasteiger partial charge < -0.3 is 5.32 Å². The van der Waals surface area contributed by atoms with Gasteiger partial charge in [0.1, 0.15) is 0 Å². The minimum Gasteiger partial charge on any atom is -0.351 e. The van der Waals surface area contributed by atoms with Crippen LogP contribution in [0.3, 0.4) is 0 Å². The van der Waals surface area contributed by atoms with Crippen molar-refractivity contribution in [2.75, 3.05) is 11.5 Å². The molecule has 1 saturated heterocycles. The van der Waals surface area contributed by atoms with Crippen molar-refractivity contribution in [3.8, 4) is 0 Å². The third-order valence-corrected chi connectivity index (χ3v) is 5.66. The highest BCUT2D eigenvalue weighted by Gasteiger charge is 2.30. The molecule has 1 rings (SSSR count). The number of rotatable bonds is 3. The fourth-order valence-electron chi connectivity index (χ4n) is 1.49. The van der Waals surface area contributed by atoms with Gasteiger partial charge in [-0.3, -0.25) is 4.79 Å². The summed E-state index contributed by atoms with van der Waals surface area (Å²) in [5.74, 6) is 0.346. The van der Waals surface area contributed by atoms with Crippen molar-refractivity contribution in [1.29, 1.82) is 0 Å². The minimum absolute atomic E-state index is 0.0799. The third kappa shape index (κ3) is 3.75. The fourth-order valence-corrected chi connectivity index (χ4v) is 3.30. The Labute approximate surface area is 98.9 Å². The highest BCUT2D eigenvalue weighted by molar-refractivity contribution is 9.10. The molecule has 1 amide bonds. The van der Waals surface area contributed by atoms with Crippen LogP contribution in [0.2, 0.25) is 0 Å². The van der Waals surface area contributed by atoms with Gasteiger partial charge in [-0.1, -0.05) is 29.8 Å². The summed E-state index contributed by atoms with van der Waals surface area (Å²) in [5.41, 5.74) is 0. The Morgan fingerprint density at radius 1 is 1.47 bits per heavy atom. The van der Waals surface area contributed by atoms with E-state index in [9.17, 15) is 13.2 Å². The van der Waals surface area contributed by atoms with Crippen LogP contribution in [0.15, 0.2) is 0 Å².